The number of hydrogen-bond acceptors (Lipinski definition) is 5. The number of fused-ring (bicyclic) bond motifs is 1. The largest absolute Gasteiger partial charge is 0.507 e. The second kappa shape index (κ2) is 7.84. The van der Waals surface area contributed by atoms with E-state index < -0.39 is 0 Å². The lowest BCUT2D eigenvalue weighted by molar-refractivity contribution is 0.254. The molecule has 1 aromatic carbocycles. The lowest BCUT2D eigenvalue weighted by Gasteiger charge is -2.35. The summed E-state index contributed by atoms with van der Waals surface area (Å²) in [4.78, 5) is 12.4. The SMILES string of the molecule is CC[C@@H]1CSC2=N[C@H](c3ccccn3)[C@@H](c3cc(C(C)(C)C)c(O)c(C(C)(C)C)c3)N21. The zero-order valence-corrected chi connectivity index (χ0v) is 20.6. The van der Waals surface area contributed by atoms with E-state index in [4.69, 9.17) is 4.99 Å². The number of hydrogen-bond donors (Lipinski definition) is 1. The van der Waals surface area contributed by atoms with Crippen LogP contribution in [0, 0.1) is 0 Å². The topological polar surface area (TPSA) is 48.7 Å². The Balaban J connectivity index is 1.93. The van der Waals surface area contributed by atoms with Gasteiger partial charge >= 0.3 is 0 Å². The van der Waals surface area contributed by atoms with Crippen LogP contribution in [0.2, 0.25) is 0 Å². The van der Waals surface area contributed by atoms with Crippen LogP contribution in [0.4, 0.5) is 0 Å². The second-order valence-corrected chi connectivity index (χ2v) is 11.8. The van der Waals surface area contributed by atoms with E-state index in [-0.39, 0.29) is 22.9 Å². The van der Waals surface area contributed by atoms with Gasteiger partial charge in [-0.1, -0.05) is 66.3 Å². The van der Waals surface area contributed by atoms with Crippen molar-refractivity contribution in [1.82, 2.24) is 9.88 Å². The molecule has 1 N–H and O–H groups in total. The molecule has 3 heterocycles. The van der Waals surface area contributed by atoms with Crippen LogP contribution in [0.5, 0.6) is 5.75 Å². The van der Waals surface area contributed by atoms with Crippen LogP contribution in [-0.4, -0.2) is 32.0 Å². The quantitative estimate of drug-likeness (QED) is 0.607. The van der Waals surface area contributed by atoms with E-state index in [2.05, 4.69) is 76.5 Å². The van der Waals surface area contributed by atoms with Crippen LogP contribution in [0.15, 0.2) is 41.5 Å². The van der Waals surface area contributed by atoms with Gasteiger partial charge in [0.1, 0.15) is 11.8 Å². The number of pyridine rings is 1. The normalized spacial score (nSPS) is 23.8. The zero-order valence-electron chi connectivity index (χ0n) is 19.8. The summed E-state index contributed by atoms with van der Waals surface area (Å²) in [6, 6.07) is 11.1. The summed E-state index contributed by atoms with van der Waals surface area (Å²) in [5.74, 6) is 1.51. The van der Waals surface area contributed by atoms with Crippen molar-refractivity contribution >= 4 is 16.9 Å². The minimum Gasteiger partial charge on any atom is -0.507 e. The van der Waals surface area contributed by atoms with Gasteiger partial charge < -0.3 is 10.0 Å². The smallest absolute Gasteiger partial charge is 0.160 e. The number of aromatic hydroxyl groups is 1. The molecule has 2 aliphatic heterocycles. The molecular formula is C26H35N3OS. The highest BCUT2D eigenvalue weighted by Gasteiger charge is 2.46. The summed E-state index contributed by atoms with van der Waals surface area (Å²) in [6.07, 6.45) is 2.95. The van der Waals surface area contributed by atoms with E-state index >= 15 is 0 Å². The average molecular weight is 438 g/mol. The predicted octanol–water partition coefficient (Wildman–Crippen LogP) is 6.36. The van der Waals surface area contributed by atoms with Gasteiger partial charge in [0, 0.05) is 18.0 Å². The standard InChI is InChI=1S/C26H35N3OS/c1-8-17-15-31-24-28-21(20-11-9-10-12-27-20)22(29(17)24)16-13-18(25(2,3)4)23(30)19(14-16)26(5,6)7/h9-14,17,21-22,30H,8,15H2,1-7H3/t17-,21-,22-/m1/s1. The van der Waals surface area contributed by atoms with Gasteiger partial charge in [0.15, 0.2) is 5.17 Å². The Kier molecular flexibility index (Phi) is 5.61. The Bertz CT molecular complexity index is 953. The van der Waals surface area contributed by atoms with E-state index in [0.29, 0.717) is 11.8 Å². The highest BCUT2D eigenvalue weighted by molar-refractivity contribution is 8.14. The molecule has 4 nitrogen and oxygen atoms in total. The van der Waals surface area contributed by atoms with Crippen molar-refractivity contribution in [2.45, 2.75) is 83.8 Å². The molecule has 0 saturated carbocycles. The summed E-state index contributed by atoms with van der Waals surface area (Å²) in [7, 11) is 0. The number of rotatable bonds is 3. The fourth-order valence-electron chi connectivity index (χ4n) is 4.68. The Labute approximate surface area is 191 Å². The van der Waals surface area contributed by atoms with E-state index in [0.717, 1.165) is 34.2 Å². The molecule has 3 atom stereocenters. The number of aromatic nitrogens is 1. The molecule has 4 rings (SSSR count). The van der Waals surface area contributed by atoms with E-state index in [9.17, 15) is 5.11 Å². The minimum absolute atomic E-state index is 0.0387. The first-order chi connectivity index (χ1) is 14.5. The lowest BCUT2D eigenvalue weighted by Crippen LogP contribution is -2.35. The molecule has 0 unspecified atom stereocenters. The number of phenolic OH excluding ortho intramolecular Hbond substituents is 1. The first kappa shape index (κ1) is 22.2. The van der Waals surface area contributed by atoms with Gasteiger partial charge in [0.05, 0.1) is 11.7 Å². The van der Waals surface area contributed by atoms with Crippen LogP contribution in [0.3, 0.4) is 0 Å². The zero-order chi connectivity index (χ0) is 22.6. The Hall–Kier alpha value is -2.01. The molecular weight excluding hydrogens is 402 g/mol. The number of nitrogens with zero attached hydrogens (tertiary/aromatic N) is 3. The van der Waals surface area contributed by atoms with Crippen LogP contribution in [0.25, 0.3) is 0 Å². The summed E-state index contributed by atoms with van der Waals surface area (Å²) in [5.41, 5.74) is 3.92. The van der Waals surface area contributed by atoms with Crippen molar-refractivity contribution in [2.75, 3.05) is 5.75 Å². The van der Waals surface area contributed by atoms with Gasteiger partial charge in [0.2, 0.25) is 0 Å². The van der Waals surface area contributed by atoms with Gasteiger partial charge in [-0.2, -0.15) is 0 Å². The van der Waals surface area contributed by atoms with E-state index in [1.54, 1.807) is 0 Å². The molecule has 1 aromatic heterocycles. The van der Waals surface area contributed by atoms with Crippen molar-refractivity contribution in [3.63, 3.8) is 0 Å². The second-order valence-electron chi connectivity index (χ2n) is 10.8. The third-order valence-electron chi connectivity index (χ3n) is 6.42. The van der Waals surface area contributed by atoms with Crippen LogP contribution in [-0.2, 0) is 10.8 Å². The van der Waals surface area contributed by atoms with Crippen LogP contribution < -0.4 is 0 Å². The molecule has 1 fully saturated rings. The van der Waals surface area contributed by atoms with Crippen molar-refractivity contribution < 1.29 is 5.11 Å². The number of aliphatic imine (C=N–C) groups is 1. The minimum atomic E-state index is -0.160. The molecule has 0 amide bonds. The molecule has 31 heavy (non-hydrogen) atoms. The summed E-state index contributed by atoms with van der Waals surface area (Å²) < 4.78 is 0. The molecule has 5 heteroatoms. The number of benzene rings is 1. The van der Waals surface area contributed by atoms with Gasteiger partial charge in [0.25, 0.3) is 0 Å². The van der Waals surface area contributed by atoms with Crippen LogP contribution in [0.1, 0.15) is 89.4 Å². The molecule has 0 bridgehead atoms. The summed E-state index contributed by atoms with van der Waals surface area (Å²) >= 11 is 1.86. The van der Waals surface area contributed by atoms with Gasteiger partial charge in [-0.3, -0.25) is 9.98 Å². The third-order valence-corrected chi connectivity index (χ3v) is 7.55. The van der Waals surface area contributed by atoms with Gasteiger partial charge in [-0.15, -0.1) is 0 Å². The molecule has 0 spiro atoms. The first-order valence-corrected chi connectivity index (χ1v) is 12.3. The number of thioether (sulfide) groups is 1. The van der Waals surface area contributed by atoms with E-state index in [1.165, 1.54) is 5.56 Å². The van der Waals surface area contributed by atoms with Crippen molar-refractivity contribution in [1.29, 1.82) is 0 Å². The molecule has 2 aliphatic rings. The van der Waals surface area contributed by atoms with Gasteiger partial charge in [-0.25, -0.2) is 0 Å². The third kappa shape index (κ3) is 3.97. The fourth-order valence-corrected chi connectivity index (χ4v) is 6.02. The molecule has 0 aliphatic carbocycles. The maximum absolute atomic E-state index is 11.2. The molecule has 2 aromatic rings. The maximum Gasteiger partial charge on any atom is 0.160 e. The molecule has 1 saturated heterocycles. The molecule has 0 radical (unpaired) electrons. The number of phenols is 1. The van der Waals surface area contributed by atoms with Crippen molar-refractivity contribution in [3.8, 4) is 5.75 Å². The first-order valence-electron chi connectivity index (χ1n) is 11.3. The van der Waals surface area contributed by atoms with Gasteiger partial charge in [-0.05, 0) is 58.2 Å². The highest BCUT2D eigenvalue weighted by atomic mass is 32.2. The maximum atomic E-state index is 11.2. The Morgan fingerprint density at radius 2 is 1.71 bits per heavy atom. The predicted molar refractivity (Wildman–Crippen MR) is 131 cm³/mol. The fraction of sp³-hybridized carbons (Fsp3) is 0.538. The molecule has 166 valence electrons. The lowest BCUT2D eigenvalue weighted by atomic mass is 9.77. The average Bonchev–Trinajstić information content (AvgIpc) is 3.26. The van der Waals surface area contributed by atoms with Crippen molar-refractivity contribution in [2.24, 2.45) is 4.99 Å². The van der Waals surface area contributed by atoms with Crippen LogP contribution >= 0.6 is 11.8 Å². The Morgan fingerprint density at radius 3 is 2.23 bits per heavy atom. The van der Waals surface area contributed by atoms with E-state index in [1.807, 2.05) is 30.1 Å². The summed E-state index contributed by atoms with van der Waals surface area (Å²) in [5, 5.41) is 12.4. The number of amidine groups is 1. The monoisotopic (exact) mass is 437 g/mol. The summed E-state index contributed by atoms with van der Waals surface area (Å²) in [6.45, 7) is 15.3. The highest BCUT2D eigenvalue weighted by Crippen LogP contribution is 2.51. The van der Waals surface area contributed by atoms with Crippen molar-refractivity contribution in [3.05, 3.63) is 58.9 Å². The Morgan fingerprint density at radius 1 is 1.06 bits per heavy atom.